The van der Waals surface area contributed by atoms with Gasteiger partial charge in [-0.1, -0.05) is 12.8 Å². The fourth-order valence-corrected chi connectivity index (χ4v) is 3.63. The van der Waals surface area contributed by atoms with Crippen molar-refractivity contribution in [2.45, 2.75) is 31.2 Å². The Morgan fingerprint density at radius 2 is 2.11 bits per heavy atom. The van der Waals surface area contributed by atoms with Gasteiger partial charge in [0.05, 0.1) is 5.39 Å². The largest absolute Gasteiger partial charge is 0.353 e. The van der Waals surface area contributed by atoms with Gasteiger partial charge in [0.1, 0.15) is 17.8 Å². The molecule has 5 nitrogen and oxygen atoms in total. The normalized spacial score (nSPS) is 22.4. The van der Waals surface area contributed by atoms with E-state index in [2.05, 4.69) is 31.2 Å². The van der Waals surface area contributed by atoms with Crippen LogP contribution < -0.4 is 10.2 Å². The highest BCUT2D eigenvalue weighted by Crippen LogP contribution is 2.34. The Hall–Kier alpha value is -1.62. The lowest BCUT2D eigenvalue weighted by atomic mass is 9.94. The third kappa shape index (κ3) is 1.80. The number of H-pyrrole nitrogens is 1. The molecule has 1 saturated carbocycles. The van der Waals surface area contributed by atoms with Gasteiger partial charge in [-0.05, 0) is 18.9 Å². The van der Waals surface area contributed by atoms with Crippen LogP contribution in [0.1, 0.15) is 25.7 Å². The zero-order chi connectivity index (χ0) is 12.7. The summed E-state index contributed by atoms with van der Waals surface area (Å²) in [5.74, 6) is 1.08. The minimum atomic E-state index is 0.325. The molecule has 0 aromatic carbocycles. The number of hydrogen-bond acceptors (Lipinski definition) is 4. The summed E-state index contributed by atoms with van der Waals surface area (Å²) in [6.45, 7) is 3.15. The molecule has 5 heteroatoms. The summed E-state index contributed by atoms with van der Waals surface area (Å²) in [4.78, 5) is 14.4. The number of rotatable bonds is 1. The van der Waals surface area contributed by atoms with E-state index in [0.717, 1.165) is 36.5 Å². The second kappa shape index (κ2) is 4.20. The molecule has 100 valence electrons. The monoisotopic (exact) mass is 257 g/mol. The van der Waals surface area contributed by atoms with Gasteiger partial charge in [0.2, 0.25) is 0 Å². The first kappa shape index (κ1) is 11.2. The van der Waals surface area contributed by atoms with E-state index < -0.39 is 0 Å². The van der Waals surface area contributed by atoms with Crippen molar-refractivity contribution in [3.8, 4) is 0 Å². The quantitative estimate of drug-likeness (QED) is 0.816. The van der Waals surface area contributed by atoms with Crippen molar-refractivity contribution < 1.29 is 0 Å². The third-order valence-electron chi connectivity index (χ3n) is 4.57. The summed E-state index contributed by atoms with van der Waals surface area (Å²) in [5.41, 5.74) is 1.26. The van der Waals surface area contributed by atoms with Crippen molar-refractivity contribution >= 4 is 16.9 Å². The molecular formula is C14H19N5. The number of nitrogens with one attached hydrogen (secondary N) is 2. The third-order valence-corrected chi connectivity index (χ3v) is 4.57. The predicted molar refractivity (Wildman–Crippen MR) is 75.3 cm³/mol. The average molecular weight is 257 g/mol. The van der Waals surface area contributed by atoms with Crippen LogP contribution in [-0.2, 0) is 0 Å². The summed E-state index contributed by atoms with van der Waals surface area (Å²) < 4.78 is 0. The molecular weight excluding hydrogens is 238 g/mol. The van der Waals surface area contributed by atoms with Crippen molar-refractivity contribution in [1.82, 2.24) is 20.3 Å². The van der Waals surface area contributed by atoms with Crippen molar-refractivity contribution in [3.63, 3.8) is 0 Å². The molecule has 2 N–H and O–H groups in total. The zero-order valence-corrected chi connectivity index (χ0v) is 11.0. The maximum atomic E-state index is 4.52. The Balaban J connectivity index is 1.70. The topological polar surface area (TPSA) is 56.8 Å². The number of fused-ring (bicyclic) bond motifs is 1. The molecule has 1 aliphatic heterocycles. The van der Waals surface area contributed by atoms with Crippen LogP contribution in [0.5, 0.6) is 0 Å². The molecule has 3 heterocycles. The van der Waals surface area contributed by atoms with E-state index in [0.29, 0.717) is 5.54 Å². The minimum absolute atomic E-state index is 0.325. The standard InChI is InChI=1S/C14H19N5/c1-2-5-14(4-1)9-19(8-7-18-14)13-11-3-6-15-12(11)16-10-17-13/h3,6,10,18H,1-2,4-5,7-9H2,(H,15,16,17). The number of anilines is 1. The maximum absolute atomic E-state index is 4.52. The molecule has 19 heavy (non-hydrogen) atoms. The Bertz CT molecular complexity index is 584. The summed E-state index contributed by atoms with van der Waals surface area (Å²) in [5, 5.41) is 4.88. The molecule has 1 spiro atoms. The Labute approximate surface area is 112 Å². The SMILES string of the molecule is c1nc(N2CCNC3(CCCC3)C2)c2cc[nH]c2n1. The lowest BCUT2D eigenvalue weighted by molar-refractivity contribution is 0.303. The van der Waals surface area contributed by atoms with Crippen LogP contribution in [0.25, 0.3) is 11.0 Å². The number of aromatic amines is 1. The Morgan fingerprint density at radius 3 is 3.00 bits per heavy atom. The molecule has 0 radical (unpaired) electrons. The molecule has 0 unspecified atom stereocenters. The first-order valence-corrected chi connectivity index (χ1v) is 7.14. The van der Waals surface area contributed by atoms with Crippen molar-refractivity contribution in [2.75, 3.05) is 24.5 Å². The molecule has 4 rings (SSSR count). The van der Waals surface area contributed by atoms with Gasteiger partial charge < -0.3 is 15.2 Å². The summed E-state index contributed by atoms with van der Waals surface area (Å²) >= 11 is 0. The van der Waals surface area contributed by atoms with Crippen LogP contribution in [0.15, 0.2) is 18.6 Å². The molecule has 2 aromatic heterocycles. The summed E-state index contributed by atoms with van der Waals surface area (Å²) in [6.07, 6.45) is 8.90. The van der Waals surface area contributed by atoms with Crippen LogP contribution in [0.3, 0.4) is 0 Å². The summed E-state index contributed by atoms with van der Waals surface area (Å²) in [7, 11) is 0. The van der Waals surface area contributed by atoms with Gasteiger partial charge in [-0.2, -0.15) is 0 Å². The molecule has 0 bridgehead atoms. The smallest absolute Gasteiger partial charge is 0.142 e. The molecule has 2 fully saturated rings. The van der Waals surface area contributed by atoms with Gasteiger partial charge in [-0.25, -0.2) is 9.97 Å². The fraction of sp³-hybridized carbons (Fsp3) is 0.571. The first-order chi connectivity index (χ1) is 9.36. The molecule has 2 aliphatic rings. The van der Waals surface area contributed by atoms with Crippen LogP contribution in [0.2, 0.25) is 0 Å². The Morgan fingerprint density at radius 1 is 1.21 bits per heavy atom. The fourth-order valence-electron chi connectivity index (χ4n) is 3.63. The van der Waals surface area contributed by atoms with Gasteiger partial charge in [0.15, 0.2) is 0 Å². The van der Waals surface area contributed by atoms with E-state index in [9.17, 15) is 0 Å². The van der Waals surface area contributed by atoms with Crippen LogP contribution in [0, 0.1) is 0 Å². The zero-order valence-electron chi connectivity index (χ0n) is 11.0. The molecule has 1 saturated heterocycles. The van der Waals surface area contributed by atoms with Gasteiger partial charge in [0, 0.05) is 31.4 Å². The van der Waals surface area contributed by atoms with Crippen molar-refractivity contribution in [2.24, 2.45) is 0 Å². The number of aromatic nitrogens is 3. The van der Waals surface area contributed by atoms with E-state index in [1.807, 2.05) is 6.20 Å². The first-order valence-electron chi connectivity index (χ1n) is 7.14. The van der Waals surface area contributed by atoms with Crippen molar-refractivity contribution in [3.05, 3.63) is 18.6 Å². The van der Waals surface area contributed by atoms with E-state index in [1.54, 1.807) is 6.33 Å². The molecule has 0 atom stereocenters. The van der Waals surface area contributed by atoms with E-state index in [1.165, 1.54) is 25.7 Å². The van der Waals surface area contributed by atoms with Gasteiger partial charge in [0.25, 0.3) is 0 Å². The lowest BCUT2D eigenvalue weighted by Gasteiger charge is -2.42. The highest BCUT2D eigenvalue weighted by atomic mass is 15.3. The summed E-state index contributed by atoms with van der Waals surface area (Å²) in [6, 6.07) is 2.08. The second-order valence-electron chi connectivity index (χ2n) is 5.77. The van der Waals surface area contributed by atoms with Crippen molar-refractivity contribution in [1.29, 1.82) is 0 Å². The minimum Gasteiger partial charge on any atom is -0.353 e. The lowest BCUT2D eigenvalue weighted by Crippen LogP contribution is -2.59. The van der Waals surface area contributed by atoms with E-state index in [4.69, 9.17) is 0 Å². The van der Waals surface area contributed by atoms with Crippen LogP contribution in [-0.4, -0.2) is 40.1 Å². The van der Waals surface area contributed by atoms with Gasteiger partial charge in [-0.15, -0.1) is 0 Å². The number of hydrogen-bond donors (Lipinski definition) is 2. The van der Waals surface area contributed by atoms with Crippen LogP contribution >= 0.6 is 0 Å². The average Bonchev–Trinajstić information content (AvgIpc) is 3.07. The van der Waals surface area contributed by atoms with Crippen LogP contribution in [0.4, 0.5) is 5.82 Å². The Kier molecular flexibility index (Phi) is 2.48. The second-order valence-corrected chi connectivity index (χ2v) is 5.77. The maximum Gasteiger partial charge on any atom is 0.142 e. The highest BCUT2D eigenvalue weighted by Gasteiger charge is 2.38. The van der Waals surface area contributed by atoms with E-state index in [-0.39, 0.29) is 0 Å². The number of nitrogens with zero attached hydrogens (tertiary/aromatic N) is 3. The highest BCUT2D eigenvalue weighted by molar-refractivity contribution is 5.87. The predicted octanol–water partition coefficient (Wildman–Crippen LogP) is 1.68. The van der Waals surface area contributed by atoms with Gasteiger partial charge >= 0.3 is 0 Å². The van der Waals surface area contributed by atoms with E-state index >= 15 is 0 Å². The number of piperazine rings is 1. The molecule has 1 aliphatic carbocycles. The molecule has 0 amide bonds. The van der Waals surface area contributed by atoms with Gasteiger partial charge in [-0.3, -0.25) is 0 Å². The molecule has 2 aromatic rings.